The zero-order chi connectivity index (χ0) is 18.6. The van der Waals surface area contributed by atoms with Crippen molar-refractivity contribution in [3.8, 4) is 0 Å². The third-order valence-corrected chi connectivity index (χ3v) is 4.29. The average molecular weight is 340 g/mol. The minimum absolute atomic E-state index is 0.242. The van der Waals surface area contributed by atoms with E-state index >= 15 is 0 Å². The van der Waals surface area contributed by atoms with E-state index < -0.39 is 13.1 Å². The summed E-state index contributed by atoms with van der Waals surface area (Å²) in [7, 11) is -2.70. The third-order valence-electron chi connectivity index (χ3n) is 4.29. The Hall–Kier alpha value is -2.23. The molecule has 2 rings (SSSR count). The van der Waals surface area contributed by atoms with Crippen LogP contribution >= 0.6 is 0 Å². The van der Waals surface area contributed by atoms with Gasteiger partial charge in [-0.25, -0.2) is 0 Å². The lowest BCUT2D eigenvalue weighted by molar-refractivity contribution is 0.104. The lowest BCUT2D eigenvalue weighted by atomic mass is 9.78. The zero-order valence-corrected chi connectivity index (χ0v) is 15.1. The minimum atomic E-state index is -2.70. The number of allylic oxidation sites excluding steroid dienone is 1. The van der Waals surface area contributed by atoms with Gasteiger partial charge in [0.15, 0.2) is 5.78 Å². The van der Waals surface area contributed by atoms with Crippen molar-refractivity contribution in [3.63, 3.8) is 0 Å². The fourth-order valence-corrected chi connectivity index (χ4v) is 2.59. The highest BCUT2D eigenvalue weighted by molar-refractivity contribution is 6.68. The molecule has 0 radical (unpaired) electrons. The molecule has 130 valence electrons. The molecule has 4 heteroatoms. The predicted octanol–water partition coefficient (Wildman–Crippen LogP) is 6.17. The molecule has 0 spiro atoms. The van der Waals surface area contributed by atoms with Crippen LogP contribution in [0.3, 0.4) is 0 Å². The Balaban J connectivity index is 2.30. The Morgan fingerprint density at radius 3 is 1.56 bits per heavy atom. The van der Waals surface area contributed by atoms with Gasteiger partial charge in [0.25, 0.3) is 0 Å². The number of halogens is 2. The molecule has 0 saturated carbocycles. The Bertz CT molecular complexity index is 744. The minimum Gasteiger partial charge on any atom is -0.289 e. The summed E-state index contributed by atoms with van der Waals surface area (Å²) in [6.07, 6.45) is 1.05. The fourth-order valence-electron chi connectivity index (χ4n) is 2.59. The first-order valence-corrected chi connectivity index (χ1v) is 8.54. The van der Waals surface area contributed by atoms with Crippen molar-refractivity contribution in [1.29, 1.82) is 0 Å². The van der Waals surface area contributed by atoms with Gasteiger partial charge < -0.3 is 0 Å². The first kappa shape index (κ1) is 19.1. The molecule has 0 aromatic heterocycles. The molecule has 0 aliphatic rings. The van der Waals surface area contributed by atoms with Gasteiger partial charge in [0.1, 0.15) is 0 Å². The molecule has 0 saturated heterocycles. The van der Waals surface area contributed by atoms with Crippen molar-refractivity contribution >= 4 is 18.5 Å². The summed E-state index contributed by atoms with van der Waals surface area (Å²) in [4.78, 5) is 12.4. The second kappa shape index (κ2) is 8.24. The summed E-state index contributed by atoms with van der Waals surface area (Å²) in [5.74, 6) is 0.281. The summed E-state index contributed by atoms with van der Waals surface area (Å²) in [5, 5.41) is 0. The van der Waals surface area contributed by atoms with Crippen molar-refractivity contribution in [2.24, 2.45) is 0 Å². The summed E-state index contributed by atoms with van der Waals surface area (Å²) in [6.45, 7) is 8.21. The number of carbonyl (C=O) groups excluding carboxylic acids is 1. The molecular weight excluding hydrogens is 317 g/mol. The Morgan fingerprint density at radius 1 is 0.800 bits per heavy atom. The van der Waals surface area contributed by atoms with Gasteiger partial charge in [-0.3, -0.25) is 13.4 Å². The number of benzene rings is 2. The number of ketones is 1. The number of hydrogen-bond acceptors (Lipinski definition) is 1. The van der Waals surface area contributed by atoms with Crippen LogP contribution in [-0.4, -0.2) is 13.1 Å². The van der Waals surface area contributed by atoms with E-state index in [9.17, 15) is 13.4 Å². The van der Waals surface area contributed by atoms with Crippen molar-refractivity contribution in [3.05, 3.63) is 76.9 Å². The zero-order valence-electron chi connectivity index (χ0n) is 15.1. The normalized spacial score (nSPS) is 11.9. The summed E-state index contributed by atoms with van der Waals surface area (Å²) < 4.78 is 26.9. The molecular formula is C21H23BF2O. The first-order chi connectivity index (χ1) is 11.8. The molecule has 1 nitrogen and oxygen atoms in total. The molecule has 0 fully saturated rings. The van der Waals surface area contributed by atoms with Gasteiger partial charge in [0.05, 0.1) is 0 Å². The van der Waals surface area contributed by atoms with Crippen molar-refractivity contribution in [1.82, 2.24) is 0 Å². The largest absolute Gasteiger partial charge is 0.572 e. The van der Waals surface area contributed by atoms with Gasteiger partial charge >= 0.3 is 7.27 Å². The number of hydrogen-bond donors (Lipinski definition) is 0. The van der Waals surface area contributed by atoms with Gasteiger partial charge in [-0.15, -0.1) is 0 Å². The Labute approximate surface area is 148 Å². The van der Waals surface area contributed by atoms with Crippen LogP contribution in [0.5, 0.6) is 0 Å². The quantitative estimate of drug-likeness (QED) is 0.349. The van der Waals surface area contributed by atoms with E-state index in [4.69, 9.17) is 0 Å². The number of rotatable bonds is 6. The molecule has 0 bridgehead atoms. The highest BCUT2D eigenvalue weighted by atomic mass is 19.2. The van der Waals surface area contributed by atoms with E-state index in [1.54, 1.807) is 24.3 Å². The van der Waals surface area contributed by atoms with E-state index in [0.717, 1.165) is 17.2 Å². The molecule has 0 heterocycles. The topological polar surface area (TPSA) is 17.1 Å². The van der Waals surface area contributed by atoms with E-state index in [1.807, 2.05) is 38.1 Å². The van der Waals surface area contributed by atoms with E-state index in [0.29, 0.717) is 23.0 Å². The maximum atomic E-state index is 13.5. The second-order valence-electron chi connectivity index (χ2n) is 6.82. The Kier molecular flexibility index (Phi) is 6.30. The van der Waals surface area contributed by atoms with Gasteiger partial charge in [0, 0.05) is 11.0 Å². The smallest absolute Gasteiger partial charge is 0.289 e. The van der Waals surface area contributed by atoms with Crippen LogP contribution in [0.25, 0.3) is 5.47 Å². The second-order valence-corrected chi connectivity index (χ2v) is 6.82. The predicted molar refractivity (Wildman–Crippen MR) is 101 cm³/mol. The summed E-state index contributed by atoms with van der Waals surface area (Å²) in [6, 6.07) is 14.1. The molecule has 0 unspecified atom stereocenters. The average Bonchev–Trinajstić information content (AvgIpc) is 2.59. The lowest BCUT2D eigenvalue weighted by Gasteiger charge is -2.09. The van der Waals surface area contributed by atoms with Crippen molar-refractivity contribution in [2.75, 3.05) is 0 Å². The molecule has 2 aromatic carbocycles. The molecule has 0 N–H and O–H groups in total. The van der Waals surface area contributed by atoms with Crippen molar-refractivity contribution in [2.45, 2.75) is 39.5 Å². The maximum Gasteiger partial charge on any atom is 0.572 e. The standard InChI is InChI=1S/C21H23BF2O/c1-14(2)16-5-9-18(10-6-16)20(22(23)24)13-21(25)19-11-7-17(8-12-19)15(3)4/h5-15H,1-4H3/b20-13-. The van der Waals surface area contributed by atoms with Gasteiger partial charge in [0.2, 0.25) is 0 Å². The molecule has 0 aliphatic carbocycles. The van der Waals surface area contributed by atoms with Crippen LogP contribution in [0.2, 0.25) is 0 Å². The Morgan fingerprint density at radius 2 is 1.20 bits per heavy atom. The molecule has 0 amide bonds. The van der Waals surface area contributed by atoms with Gasteiger partial charge in [-0.1, -0.05) is 76.2 Å². The van der Waals surface area contributed by atoms with Crippen LogP contribution in [0, 0.1) is 0 Å². The maximum absolute atomic E-state index is 13.5. The SMILES string of the molecule is CC(C)c1ccc(C(=O)/C=C(\B(F)F)c2ccc(C(C)C)cc2)cc1. The monoisotopic (exact) mass is 340 g/mol. The molecule has 25 heavy (non-hydrogen) atoms. The molecule has 2 aromatic rings. The summed E-state index contributed by atoms with van der Waals surface area (Å²) in [5.41, 5.74) is 2.74. The highest BCUT2D eigenvalue weighted by Gasteiger charge is 2.23. The van der Waals surface area contributed by atoms with Gasteiger partial charge in [-0.05, 0) is 34.6 Å². The van der Waals surface area contributed by atoms with Crippen molar-refractivity contribution < 1.29 is 13.4 Å². The van der Waals surface area contributed by atoms with Crippen LogP contribution in [0.15, 0.2) is 54.6 Å². The third kappa shape index (κ3) is 4.88. The van der Waals surface area contributed by atoms with Crippen LogP contribution in [0.4, 0.5) is 8.63 Å². The summed E-state index contributed by atoms with van der Waals surface area (Å²) >= 11 is 0. The van der Waals surface area contributed by atoms with Crippen LogP contribution in [-0.2, 0) is 0 Å². The fraction of sp³-hybridized carbons (Fsp3) is 0.286. The van der Waals surface area contributed by atoms with E-state index in [2.05, 4.69) is 13.8 Å². The number of carbonyl (C=O) groups is 1. The lowest BCUT2D eigenvalue weighted by Crippen LogP contribution is -2.06. The van der Waals surface area contributed by atoms with E-state index in [1.165, 1.54) is 0 Å². The highest BCUT2D eigenvalue weighted by Crippen LogP contribution is 2.24. The van der Waals surface area contributed by atoms with E-state index in [-0.39, 0.29) is 5.47 Å². The molecule has 0 aliphatic heterocycles. The van der Waals surface area contributed by atoms with Gasteiger partial charge in [-0.2, -0.15) is 0 Å². The van der Waals surface area contributed by atoms with Crippen LogP contribution in [0.1, 0.15) is 66.6 Å². The van der Waals surface area contributed by atoms with Crippen LogP contribution < -0.4 is 0 Å². The first-order valence-electron chi connectivity index (χ1n) is 8.54. The molecule has 0 atom stereocenters.